The summed E-state index contributed by atoms with van der Waals surface area (Å²) in [5.41, 5.74) is -2.42. The molecule has 8 heavy (non-hydrogen) atoms. The van der Waals surface area contributed by atoms with Crippen molar-refractivity contribution >= 4 is 10.1 Å². The summed E-state index contributed by atoms with van der Waals surface area (Å²) < 4.78 is 37.8. The van der Waals surface area contributed by atoms with Gasteiger partial charge in [0.15, 0.2) is 0 Å². The first kappa shape index (κ1) is 11.6. The Morgan fingerprint density at radius 1 is 1.62 bits per heavy atom. The SMILES string of the molecule is [CH2-]C(F)S(=O)(=O)O.[Na+]. The van der Waals surface area contributed by atoms with Crippen molar-refractivity contribution in [3.05, 3.63) is 6.92 Å². The molecule has 6 heteroatoms. The molecular formula is C2H4FNaO3S. The number of alkyl halides is 1. The van der Waals surface area contributed by atoms with E-state index in [9.17, 15) is 12.8 Å². The summed E-state index contributed by atoms with van der Waals surface area (Å²) >= 11 is 0. The van der Waals surface area contributed by atoms with Gasteiger partial charge in [0.1, 0.15) is 5.50 Å². The van der Waals surface area contributed by atoms with Crippen LogP contribution in [-0.4, -0.2) is 18.5 Å². The molecule has 0 aliphatic rings. The third kappa shape index (κ3) is 4.99. The molecule has 3 nitrogen and oxygen atoms in total. The van der Waals surface area contributed by atoms with E-state index in [1.165, 1.54) is 0 Å². The summed E-state index contributed by atoms with van der Waals surface area (Å²) in [6, 6.07) is 0. The van der Waals surface area contributed by atoms with E-state index < -0.39 is 15.6 Å². The van der Waals surface area contributed by atoms with Gasteiger partial charge in [-0.15, -0.1) is 0 Å². The Bertz CT molecular complexity index is 139. The van der Waals surface area contributed by atoms with Gasteiger partial charge in [-0.3, -0.25) is 15.9 Å². The fourth-order valence-electron chi connectivity index (χ4n) is 0. The Kier molecular flexibility index (Phi) is 5.50. The van der Waals surface area contributed by atoms with Crippen LogP contribution in [0.2, 0.25) is 0 Å². The maximum atomic E-state index is 11.3. The summed E-state index contributed by atoms with van der Waals surface area (Å²) in [6.45, 7) is 2.41. The smallest absolute Gasteiger partial charge is 0.292 e. The largest absolute Gasteiger partial charge is 1.00 e. The monoisotopic (exact) mass is 150 g/mol. The van der Waals surface area contributed by atoms with Crippen LogP contribution < -0.4 is 29.6 Å². The number of rotatable bonds is 1. The van der Waals surface area contributed by atoms with Crippen molar-refractivity contribution in [2.45, 2.75) is 5.50 Å². The first-order chi connectivity index (χ1) is 2.94. The van der Waals surface area contributed by atoms with Crippen LogP contribution >= 0.6 is 0 Å². The van der Waals surface area contributed by atoms with Crippen molar-refractivity contribution in [3.63, 3.8) is 0 Å². The van der Waals surface area contributed by atoms with Crippen LogP contribution in [0.5, 0.6) is 0 Å². The molecule has 1 unspecified atom stereocenters. The first-order valence-corrected chi connectivity index (χ1v) is 2.88. The normalized spacial score (nSPS) is 14.4. The van der Waals surface area contributed by atoms with Crippen LogP contribution in [0.25, 0.3) is 0 Å². The van der Waals surface area contributed by atoms with E-state index in [4.69, 9.17) is 4.55 Å². The standard InChI is InChI=1S/C2H4FO3S.Na/c1-2(3)7(4,5)6;/h2H,1H2,(H,4,5,6);/q-1;+1. The average Bonchev–Trinajstić information content (AvgIpc) is 1.31. The van der Waals surface area contributed by atoms with Gasteiger partial charge in [0, 0.05) is 0 Å². The summed E-state index contributed by atoms with van der Waals surface area (Å²) in [4.78, 5) is 0. The van der Waals surface area contributed by atoms with E-state index in [2.05, 4.69) is 6.92 Å². The molecule has 0 radical (unpaired) electrons. The molecule has 0 bridgehead atoms. The van der Waals surface area contributed by atoms with Crippen molar-refractivity contribution in [1.29, 1.82) is 0 Å². The maximum absolute atomic E-state index is 11.3. The Morgan fingerprint density at radius 2 is 1.75 bits per heavy atom. The zero-order chi connectivity index (χ0) is 6.08. The van der Waals surface area contributed by atoms with Crippen LogP contribution in [-0.2, 0) is 10.1 Å². The second-order valence-corrected chi connectivity index (χ2v) is 2.47. The van der Waals surface area contributed by atoms with E-state index in [1.807, 2.05) is 0 Å². The Hall–Kier alpha value is 0.840. The topological polar surface area (TPSA) is 54.4 Å². The molecule has 0 aromatic rings. The van der Waals surface area contributed by atoms with Gasteiger partial charge in [0.25, 0.3) is 10.1 Å². The fourth-order valence-corrected chi connectivity index (χ4v) is 0. The average molecular weight is 150 g/mol. The minimum absolute atomic E-state index is 0. The second kappa shape index (κ2) is 3.79. The summed E-state index contributed by atoms with van der Waals surface area (Å²) in [5, 5.41) is 0. The molecule has 44 valence electrons. The summed E-state index contributed by atoms with van der Waals surface area (Å²) in [7, 11) is -4.52. The Morgan fingerprint density at radius 3 is 1.75 bits per heavy atom. The van der Waals surface area contributed by atoms with E-state index in [0.29, 0.717) is 0 Å². The van der Waals surface area contributed by atoms with Gasteiger partial charge in [-0.25, -0.2) is 0 Å². The second-order valence-electron chi connectivity index (χ2n) is 0.925. The zero-order valence-corrected chi connectivity index (χ0v) is 7.15. The Balaban J connectivity index is 0. The van der Waals surface area contributed by atoms with Gasteiger partial charge in [0.2, 0.25) is 0 Å². The molecule has 0 spiro atoms. The molecule has 0 heterocycles. The van der Waals surface area contributed by atoms with Crippen LogP contribution in [0.3, 0.4) is 0 Å². The van der Waals surface area contributed by atoms with E-state index >= 15 is 0 Å². The van der Waals surface area contributed by atoms with Gasteiger partial charge in [0.05, 0.1) is 0 Å². The molecule has 0 aliphatic heterocycles. The van der Waals surface area contributed by atoms with Crippen molar-refractivity contribution in [2.24, 2.45) is 0 Å². The maximum Gasteiger partial charge on any atom is 1.00 e. The predicted molar refractivity (Wildman–Crippen MR) is 21.8 cm³/mol. The van der Waals surface area contributed by atoms with Gasteiger partial charge < -0.3 is 0 Å². The van der Waals surface area contributed by atoms with Crippen LogP contribution in [0, 0.1) is 6.92 Å². The molecule has 0 fully saturated rings. The summed E-state index contributed by atoms with van der Waals surface area (Å²) in [6.07, 6.45) is 0. The van der Waals surface area contributed by atoms with Crippen LogP contribution in [0.15, 0.2) is 0 Å². The van der Waals surface area contributed by atoms with Crippen molar-refractivity contribution < 1.29 is 46.9 Å². The molecule has 0 saturated carbocycles. The van der Waals surface area contributed by atoms with Gasteiger partial charge in [-0.05, 0) is 0 Å². The molecule has 1 atom stereocenters. The quantitative estimate of drug-likeness (QED) is 0.246. The minimum Gasteiger partial charge on any atom is -0.292 e. The molecule has 0 amide bonds. The van der Waals surface area contributed by atoms with Crippen molar-refractivity contribution in [3.8, 4) is 0 Å². The minimum atomic E-state index is -4.52. The molecule has 0 aliphatic carbocycles. The number of hydrogen-bond donors (Lipinski definition) is 1. The predicted octanol–water partition coefficient (Wildman–Crippen LogP) is -2.99. The number of hydrogen-bond acceptors (Lipinski definition) is 2. The van der Waals surface area contributed by atoms with Crippen LogP contribution in [0.4, 0.5) is 4.39 Å². The van der Waals surface area contributed by atoms with Crippen molar-refractivity contribution in [2.75, 3.05) is 0 Å². The fraction of sp³-hybridized carbons (Fsp3) is 0.500. The van der Waals surface area contributed by atoms with Gasteiger partial charge in [-0.2, -0.15) is 8.42 Å². The van der Waals surface area contributed by atoms with E-state index in [1.54, 1.807) is 0 Å². The molecule has 0 saturated heterocycles. The first-order valence-electron chi connectivity index (χ1n) is 1.38. The Labute approximate surface area is 69.3 Å². The van der Waals surface area contributed by atoms with Gasteiger partial charge >= 0.3 is 29.6 Å². The van der Waals surface area contributed by atoms with Crippen LogP contribution in [0.1, 0.15) is 0 Å². The zero-order valence-electron chi connectivity index (χ0n) is 4.33. The molecular weight excluding hydrogens is 146 g/mol. The molecule has 0 rings (SSSR count). The molecule has 0 aromatic carbocycles. The van der Waals surface area contributed by atoms with Gasteiger partial charge in [-0.1, -0.05) is 0 Å². The number of halogens is 1. The molecule has 1 N–H and O–H groups in total. The molecule has 0 aromatic heterocycles. The van der Waals surface area contributed by atoms with Crippen molar-refractivity contribution in [1.82, 2.24) is 0 Å². The third-order valence-corrected chi connectivity index (χ3v) is 0.970. The third-order valence-electron chi connectivity index (χ3n) is 0.323. The van der Waals surface area contributed by atoms with E-state index in [0.717, 1.165) is 0 Å². The van der Waals surface area contributed by atoms with E-state index in [-0.39, 0.29) is 29.6 Å². The summed E-state index contributed by atoms with van der Waals surface area (Å²) in [5.74, 6) is 0.